The van der Waals surface area contributed by atoms with E-state index >= 15 is 0 Å². The fraction of sp³-hybridized carbons (Fsp3) is 0.0833. The van der Waals surface area contributed by atoms with Crippen molar-refractivity contribution in [1.29, 1.82) is 0 Å². The van der Waals surface area contributed by atoms with Gasteiger partial charge in [-0.3, -0.25) is 8.80 Å². The smallest absolute Gasteiger partial charge is 0.396 e. The van der Waals surface area contributed by atoms with Gasteiger partial charge < -0.3 is 24.5 Å². The summed E-state index contributed by atoms with van der Waals surface area (Å²) in [7, 11) is 0. The molecule has 66 heavy (non-hydrogen) atoms. The predicted octanol–water partition coefficient (Wildman–Crippen LogP) is 9.59. The average molecular weight is 889 g/mol. The SMILES string of the molecule is CCOC(=O)/C=N/NC(=O)Nc1cccc(-c2cnc3cc(-c4ccc(F)cc4)ccn23)c1.CCOC(=O)c1nnc(Nc2cccc(-c3cnc4cc(-c5ccc(F)cc5)ccn34)c2)o1. The molecule has 330 valence electrons. The van der Waals surface area contributed by atoms with Gasteiger partial charge in [-0.2, -0.15) is 5.10 Å². The molecule has 9 aromatic rings. The van der Waals surface area contributed by atoms with E-state index in [1.54, 1.807) is 68.7 Å². The van der Waals surface area contributed by atoms with Crippen LogP contribution >= 0.6 is 0 Å². The minimum absolute atomic E-state index is 0.0808. The molecule has 18 heteroatoms. The molecule has 5 aromatic heterocycles. The Labute approximate surface area is 374 Å². The van der Waals surface area contributed by atoms with Crippen LogP contribution in [0.1, 0.15) is 24.5 Å². The molecule has 0 aliphatic carbocycles. The molecular weight excluding hydrogens is 851 g/mol. The van der Waals surface area contributed by atoms with Crippen LogP contribution in [0.25, 0.3) is 56.1 Å². The van der Waals surface area contributed by atoms with Crippen LogP contribution in [0, 0.1) is 11.6 Å². The first-order chi connectivity index (χ1) is 32.1. The van der Waals surface area contributed by atoms with Gasteiger partial charge in [0.05, 0.1) is 37.0 Å². The minimum atomic E-state index is -0.669. The number of benzene rings is 4. The number of anilines is 3. The third-order valence-corrected chi connectivity index (χ3v) is 9.71. The van der Waals surface area contributed by atoms with E-state index in [9.17, 15) is 23.2 Å². The number of hydrazone groups is 1. The van der Waals surface area contributed by atoms with Gasteiger partial charge in [0.1, 0.15) is 29.1 Å². The first kappa shape index (κ1) is 43.6. The number of nitrogens with zero attached hydrogens (tertiary/aromatic N) is 7. The van der Waals surface area contributed by atoms with Crippen molar-refractivity contribution in [2.45, 2.75) is 13.8 Å². The molecule has 3 N–H and O–H groups in total. The summed E-state index contributed by atoms with van der Waals surface area (Å²) in [6, 6.07) is 34.7. The number of fused-ring (bicyclic) bond motifs is 2. The molecule has 0 radical (unpaired) electrons. The zero-order valence-electron chi connectivity index (χ0n) is 35.2. The van der Waals surface area contributed by atoms with Crippen molar-refractivity contribution in [3.05, 3.63) is 164 Å². The van der Waals surface area contributed by atoms with Crippen LogP contribution in [0.5, 0.6) is 0 Å². The standard InChI is InChI=1S/C24H18FN5O3.C24H20FN5O3/c1-2-32-23(31)22-28-29-24(33-22)27-19-5-3-4-17(12-19)20-14-26-21-13-16(10-11-30(20)21)15-6-8-18(25)9-7-15;1-2-33-23(31)15-27-29-24(32)28-20-5-3-4-18(12-20)21-14-26-22-13-17(10-11-30(21)22)16-6-8-19(25)9-7-16/h3-14H,2H2,1H3,(H,27,29);3-15H,2H2,1H3,(H2,28,29,32)/b;27-15+. The number of imidazole rings is 2. The van der Waals surface area contributed by atoms with Gasteiger partial charge in [-0.15, -0.1) is 0 Å². The van der Waals surface area contributed by atoms with Crippen LogP contribution in [0.3, 0.4) is 0 Å². The second-order valence-corrected chi connectivity index (χ2v) is 14.1. The molecule has 0 unspecified atom stereocenters. The number of nitrogens with one attached hydrogen (secondary N) is 3. The maximum atomic E-state index is 13.2. The molecule has 0 bridgehead atoms. The van der Waals surface area contributed by atoms with Crippen molar-refractivity contribution >= 4 is 52.9 Å². The van der Waals surface area contributed by atoms with E-state index in [-0.39, 0.29) is 36.8 Å². The fourth-order valence-corrected chi connectivity index (χ4v) is 6.70. The van der Waals surface area contributed by atoms with E-state index in [0.717, 1.165) is 62.3 Å². The number of rotatable bonds is 12. The highest BCUT2D eigenvalue weighted by Gasteiger charge is 2.17. The molecule has 2 amide bonds. The number of carbonyl (C=O) groups is 3. The van der Waals surface area contributed by atoms with Crippen LogP contribution in [-0.4, -0.2) is 66.4 Å². The van der Waals surface area contributed by atoms with Crippen molar-refractivity contribution in [2.75, 3.05) is 23.8 Å². The minimum Gasteiger partial charge on any atom is -0.462 e. The molecular formula is C48H38F2N10O6. The third kappa shape index (κ3) is 10.4. The van der Waals surface area contributed by atoms with Crippen molar-refractivity contribution in [3.63, 3.8) is 0 Å². The monoisotopic (exact) mass is 888 g/mol. The van der Waals surface area contributed by atoms with Gasteiger partial charge >= 0.3 is 29.9 Å². The average Bonchev–Trinajstić information content (AvgIpc) is 4.09. The topological polar surface area (TPSA) is 192 Å². The Bertz CT molecular complexity index is 3200. The number of amides is 2. The lowest BCUT2D eigenvalue weighted by atomic mass is 10.1. The first-order valence-corrected chi connectivity index (χ1v) is 20.4. The van der Waals surface area contributed by atoms with Crippen molar-refractivity contribution in [3.8, 4) is 44.8 Å². The van der Waals surface area contributed by atoms with Crippen LogP contribution in [0.15, 0.2) is 156 Å². The Hall–Kier alpha value is -9.06. The summed E-state index contributed by atoms with van der Waals surface area (Å²) >= 11 is 0. The van der Waals surface area contributed by atoms with Crippen LogP contribution in [0.2, 0.25) is 0 Å². The van der Waals surface area contributed by atoms with Crippen LogP contribution < -0.4 is 16.1 Å². The Morgan fingerprint density at radius 3 is 1.76 bits per heavy atom. The zero-order valence-corrected chi connectivity index (χ0v) is 35.2. The lowest BCUT2D eigenvalue weighted by Gasteiger charge is -2.08. The van der Waals surface area contributed by atoms with Crippen molar-refractivity contribution in [1.82, 2.24) is 34.4 Å². The lowest BCUT2D eigenvalue weighted by Crippen LogP contribution is -2.25. The summed E-state index contributed by atoms with van der Waals surface area (Å²) in [4.78, 5) is 44.0. The number of carbonyl (C=O) groups excluding carboxylic acids is 3. The molecule has 0 saturated heterocycles. The van der Waals surface area contributed by atoms with Gasteiger partial charge in [0.25, 0.3) is 0 Å². The Kier molecular flexibility index (Phi) is 13.2. The normalized spacial score (nSPS) is 11.0. The number of aromatic nitrogens is 6. The molecule has 0 fully saturated rings. The molecule has 4 aromatic carbocycles. The molecule has 9 rings (SSSR count). The highest BCUT2D eigenvalue weighted by atomic mass is 19.1. The number of hydrogen-bond acceptors (Lipinski definition) is 12. The number of esters is 2. The summed E-state index contributed by atoms with van der Waals surface area (Å²) in [5.74, 6) is -2.08. The number of pyridine rings is 2. The van der Waals surface area contributed by atoms with E-state index in [1.165, 1.54) is 24.3 Å². The van der Waals surface area contributed by atoms with E-state index in [4.69, 9.17) is 9.15 Å². The second-order valence-electron chi connectivity index (χ2n) is 14.1. The summed E-state index contributed by atoms with van der Waals surface area (Å²) in [6.07, 6.45) is 8.24. The van der Waals surface area contributed by atoms with Gasteiger partial charge in [-0.1, -0.05) is 58.7 Å². The Morgan fingerprint density at radius 1 is 0.652 bits per heavy atom. The summed E-state index contributed by atoms with van der Waals surface area (Å²) < 4.78 is 45.2. The van der Waals surface area contributed by atoms with Gasteiger partial charge in [-0.05, 0) is 109 Å². The molecule has 0 atom stereocenters. The van der Waals surface area contributed by atoms with Gasteiger partial charge in [0, 0.05) is 34.9 Å². The molecule has 0 aliphatic heterocycles. The number of ether oxygens (including phenoxy) is 2. The van der Waals surface area contributed by atoms with Gasteiger partial charge in [0.2, 0.25) is 0 Å². The number of urea groups is 1. The molecule has 5 heterocycles. The predicted molar refractivity (Wildman–Crippen MR) is 243 cm³/mol. The number of halogens is 2. The zero-order chi connectivity index (χ0) is 46.0. The van der Waals surface area contributed by atoms with Crippen LogP contribution in [0.4, 0.5) is 31.0 Å². The fourth-order valence-electron chi connectivity index (χ4n) is 6.70. The molecule has 16 nitrogen and oxygen atoms in total. The van der Waals surface area contributed by atoms with Crippen molar-refractivity contribution < 1.29 is 37.1 Å². The van der Waals surface area contributed by atoms with Crippen LogP contribution in [-0.2, 0) is 14.3 Å². The lowest BCUT2D eigenvalue weighted by molar-refractivity contribution is -0.134. The highest BCUT2D eigenvalue weighted by Crippen LogP contribution is 2.29. The van der Waals surface area contributed by atoms with E-state index in [2.05, 4.69) is 46.1 Å². The Morgan fingerprint density at radius 2 is 1.20 bits per heavy atom. The first-order valence-electron chi connectivity index (χ1n) is 20.4. The maximum absolute atomic E-state index is 13.2. The molecule has 0 saturated carbocycles. The van der Waals surface area contributed by atoms with Gasteiger partial charge in [0.15, 0.2) is 0 Å². The quantitative estimate of drug-likeness (QED) is 0.0601. The summed E-state index contributed by atoms with van der Waals surface area (Å²) in [5.41, 5.74) is 12.1. The maximum Gasteiger partial charge on any atom is 0.396 e. The molecule has 0 aliphatic rings. The van der Waals surface area contributed by atoms with Crippen molar-refractivity contribution in [2.24, 2.45) is 5.10 Å². The number of hydrogen-bond donors (Lipinski definition) is 3. The summed E-state index contributed by atoms with van der Waals surface area (Å²) in [5, 5.41) is 16.7. The van der Waals surface area contributed by atoms with E-state index in [1.807, 2.05) is 75.8 Å². The van der Waals surface area contributed by atoms with E-state index < -0.39 is 18.0 Å². The highest BCUT2D eigenvalue weighted by molar-refractivity contribution is 6.23. The molecule has 0 spiro atoms. The largest absolute Gasteiger partial charge is 0.462 e. The summed E-state index contributed by atoms with van der Waals surface area (Å²) in [6.45, 7) is 3.81. The second kappa shape index (κ2) is 20.0. The van der Waals surface area contributed by atoms with Gasteiger partial charge in [-0.25, -0.2) is 38.6 Å². The Balaban J connectivity index is 0.000000179. The van der Waals surface area contributed by atoms with E-state index in [0.29, 0.717) is 11.4 Å². The third-order valence-electron chi connectivity index (χ3n) is 9.71.